The standard InChI is InChI=1S/C36H36N10O2/c1-25-31(34-37-15-8-16-45(34)41-25)35(47)39-26(2)33-40-30-12-7-9-28(32(30)36(48)46(33)29-10-5-4-6-11-29)14-13-27-23-38-44(24-27)22-21-43-19-17-42(3)18-20-43/h4-12,15-16,23-24,26H,17-22H2,1-3H3,(H,39,47)/t26-/m1/s1. The molecule has 1 N–H and O–H groups in total. The van der Waals surface area contributed by atoms with Gasteiger partial charge in [0.1, 0.15) is 11.4 Å². The summed E-state index contributed by atoms with van der Waals surface area (Å²) < 4.78 is 5.04. The van der Waals surface area contributed by atoms with Crippen molar-refractivity contribution in [3.63, 3.8) is 0 Å². The van der Waals surface area contributed by atoms with Crippen molar-refractivity contribution in [1.82, 2.24) is 49.0 Å². The van der Waals surface area contributed by atoms with Crippen LogP contribution in [0.2, 0.25) is 0 Å². The summed E-state index contributed by atoms with van der Waals surface area (Å²) in [5.41, 5.74) is 3.56. The van der Waals surface area contributed by atoms with E-state index in [-0.39, 0.29) is 11.5 Å². The molecule has 0 radical (unpaired) electrons. The number of para-hydroxylation sites is 1. The molecule has 6 aromatic rings. The molecule has 0 bridgehead atoms. The molecular formula is C36H36N10O2. The molecule has 0 aliphatic carbocycles. The third-order valence-corrected chi connectivity index (χ3v) is 8.69. The Kier molecular flexibility index (Phi) is 8.54. The first-order valence-electron chi connectivity index (χ1n) is 16.0. The van der Waals surface area contributed by atoms with Gasteiger partial charge in [0.05, 0.1) is 46.6 Å². The van der Waals surface area contributed by atoms with Crippen molar-refractivity contribution in [3.05, 3.63) is 118 Å². The van der Waals surface area contributed by atoms with Crippen LogP contribution in [0.4, 0.5) is 0 Å². The number of carbonyl (C=O) groups excluding carboxylic acids is 1. The highest BCUT2D eigenvalue weighted by Gasteiger charge is 2.24. The van der Waals surface area contributed by atoms with E-state index in [1.54, 1.807) is 46.7 Å². The molecule has 4 aromatic heterocycles. The van der Waals surface area contributed by atoms with Crippen LogP contribution in [-0.2, 0) is 6.54 Å². The van der Waals surface area contributed by atoms with Crippen molar-refractivity contribution in [3.8, 4) is 17.5 Å². The largest absolute Gasteiger partial charge is 0.342 e. The molecule has 12 heteroatoms. The van der Waals surface area contributed by atoms with Crippen LogP contribution in [0.5, 0.6) is 0 Å². The second-order valence-corrected chi connectivity index (χ2v) is 12.1. The first-order chi connectivity index (χ1) is 23.4. The molecule has 48 heavy (non-hydrogen) atoms. The number of amides is 1. The fraction of sp³-hybridized carbons (Fsp3) is 0.278. The number of carbonyl (C=O) groups is 1. The average Bonchev–Trinajstić information content (AvgIpc) is 3.70. The second-order valence-electron chi connectivity index (χ2n) is 12.1. The molecule has 1 amide bonds. The molecule has 1 atom stereocenters. The van der Waals surface area contributed by atoms with Crippen molar-refractivity contribution in [2.45, 2.75) is 26.4 Å². The van der Waals surface area contributed by atoms with Crippen LogP contribution in [0.3, 0.4) is 0 Å². The Balaban J connectivity index is 1.20. The quantitative estimate of drug-likeness (QED) is 0.265. The summed E-state index contributed by atoms with van der Waals surface area (Å²) in [6, 6.07) is 15.9. The van der Waals surface area contributed by atoms with E-state index in [0.29, 0.717) is 44.9 Å². The fourth-order valence-electron chi connectivity index (χ4n) is 6.07. The predicted molar refractivity (Wildman–Crippen MR) is 183 cm³/mol. The summed E-state index contributed by atoms with van der Waals surface area (Å²) >= 11 is 0. The van der Waals surface area contributed by atoms with Crippen LogP contribution in [0.25, 0.3) is 22.2 Å². The van der Waals surface area contributed by atoms with Gasteiger partial charge in [-0.1, -0.05) is 36.1 Å². The molecule has 7 rings (SSSR count). The van der Waals surface area contributed by atoms with E-state index < -0.39 is 6.04 Å². The van der Waals surface area contributed by atoms with E-state index in [1.807, 2.05) is 60.3 Å². The number of hydrogen-bond acceptors (Lipinski definition) is 8. The Labute approximate surface area is 277 Å². The van der Waals surface area contributed by atoms with Gasteiger partial charge in [0.2, 0.25) is 0 Å². The minimum Gasteiger partial charge on any atom is -0.342 e. The molecule has 0 saturated carbocycles. The molecule has 12 nitrogen and oxygen atoms in total. The van der Waals surface area contributed by atoms with Gasteiger partial charge in [-0.3, -0.25) is 23.7 Å². The lowest BCUT2D eigenvalue weighted by Gasteiger charge is -2.32. The van der Waals surface area contributed by atoms with Crippen LogP contribution < -0.4 is 10.9 Å². The zero-order valence-corrected chi connectivity index (χ0v) is 27.2. The Bertz CT molecular complexity index is 2230. The van der Waals surface area contributed by atoms with Crippen molar-refractivity contribution < 1.29 is 4.79 Å². The van der Waals surface area contributed by atoms with E-state index in [2.05, 4.69) is 49.2 Å². The summed E-state index contributed by atoms with van der Waals surface area (Å²) in [6.07, 6.45) is 7.07. The van der Waals surface area contributed by atoms with Crippen molar-refractivity contribution in [2.24, 2.45) is 0 Å². The summed E-state index contributed by atoms with van der Waals surface area (Å²) in [4.78, 5) is 42.1. The lowest BCUT2D eigenvalue weighted by molar-refractivity contribution is 0.0938. The van der Waals surface area contributed by atoms with Gasteiger partial charge in [-0.2, -0.15) is 10.2 Å². The van der Waals surface area contributed by atoms with Gasteiger partial charge in [0, 0.05) is 56.9 Å². The van der Waals surface area contributed by atoms with Crippen molar-refractivity contribution in [2.75, 3.05) is 39.8 Å². The third-order valence-electron chi connectivity index (χ3n) is 8.69. The zero-order chi connectivity index (χ0) is 33.2. The molecule has 242 valence electrons. The van der Waals surface area contributed by atoms with E-state index >= 15 is 0 Å². The van der Waals surface area contributed by atoms with Gasteiger partial charge in [-0.15, -0.1) is 0 Å². The monoisotopic (exact) mass is 640 g/mol. The molecule has 2 aromatic carbocycles. The maximum Gasteiger partial charge on any atom is 0.267 e. The smallest absolute Gasteiger partial charge is 0.267 e. The number of piperazine rings is 1. The molecular weight excluding hydrogens is 604 g/mol. The van der Waals surface area contributed by atoms with Gasteiger partial charge in [-0.05, 0) is 51.2 Å². The lowest BCUT2D eigenvalue weighted by atomic mass is 10.1. The molecule has 1 aliphatic rings. The SMILES string of the molecule is Cc1nn2cccnc2c1C(=O)N[C@H](C)c1nc2cccc(C#Cc3cnn(CCN4CCN(C)CC4)c3)c2c(=O)n1-c1ccccc1. The Morgan fingerprint density at radius 2 is 1.81 bits per heavy atom. The Hall–Kier alpha value is -5.64. The maximum atomic E-state index is 14.4. The highest BCUT2D eigenvalue weighted by molar-refractivity contribution is 6.01. The summed E-state index contributed by atoms with van der Waals surface area (Å²) in [5.74, 6) is 6.45. The molecule has 0 spiro atoms. The number of nitrogens with one attached hydrogen (secondary N) is 1. The molecule has 1 saturated heterocycles. The van der Waals surface area contributed by atoms with Crippen molar-refractivity contribution >= 4 is 22.5 Å². The molecule has 0 unspecified atom stereocenters. The minimum atomic E-state index is -0.640. The van der Waals surface area contributed by atoms with Gasteiger partial charge in [-0.25, -0.2) is 14.5 Å². The summed E-state index contributed by atoms with van der Waals surface area (Å²) in [6.45, 7) is 9.59. The number of aryl methyl sites for hydroxylation is 1. The number of nitrogens with zero attached hydrogens (tertiary/aromatic N) is 9. The highest BCUT2D eigenvalue weighted by atomic mass is 16.2. The van der Waals surface area contributed by atoms with Crippen LogP contribution in [0.15, 0.2) is 84.2 Å². The molecule has 1 aliphatic heterocycles. The number of rotatable bonds is 7. The summed E-state index contributed by atoms with van der Waals surface area (Å²) in [7, 11) is 2.16. The van der Waals surface area contributed by atoms with Gasteiger partial charge in [0.25, 0.3) is 11.5 Å². The predicted octanol–water partition coefficient (Wildman–Crippen LogP) is 3.07. The number of benzene rings is 2. The van der Waals surface area contributed by atoms with E-state index in [4.69, 9.17) is 4.98 Å². The van der Waals surface area contributed by atoms with Crippen LogP contribution in [0.1, 0.15) is 46.0 Å². The topological polar surface area (TPSA) is 118 Å². The Morgan fingerprint density at radius 3 is 2.62 bits per heavy atom. The third kappa shape index (κ3) is 6.21. The van der Waals surface area contributed by atoms with Crippen LogP contribution in [0, 0.1) is 18.8 Å². The molecule has 5 heterocycles. The van der Waals surface area contributed by atoms with E-state index in [9.17, 15) is 9.59 Å². The average molecular weight is 641 g/mol. The first kappa shape index (κ1) is 31.0. The number of aromatic nitrogens is 7. The normalized spacial score (nSPS) is 14.6. The van der Waals surface area contributed by atoms with Gasteiger partial charge < -0.3 is 10.2 Å². The minimum absolute atomic E-state index is 0.274. The lowest BCUT2D eigenvalue weighted by Crippen LogP contribution is -2.45. The molecule has 1 fully saturated rings. The fourth-order valence-corrected chi connectivity index (χ4v) is 6.07. The van der Waals surface area contributed by atoms with Gasteiger partial charge >= 0.3 is 0 Å². The van der Waals surface area contributed by atoms with Crippen LogP contribution >= 0.6 is 0 Å². The number of fused-ring (bicyclic) bond motifs is 2. The number of hydrogen-bond donors (Lipinski definition) is 1. The zero-order valence-electron chi connectivity index (χ0n) is 27.2. The van der Waals surface area contributed by atoms with E-state index in [0.717, 1.165) is 44.8 Å². The summed E-state index contributed by atoms with van der Waals surface area (Å²) in [5, 5.41) is 12.4. The Morgan fingerprint density at radius 1 is 1.00 bits per heavy atom. The second kappa shape index (κ2) is 13.2. The van der Waals surface area contributed by atoms with Crippen molar-refractivity contribution in [1.29, 1.82) is 0 Å². The van der Waals surface area contributed by atoms with Gasteiger partial charge in [0.15, 0.2) is 5.65 Å². The maximum absolute atomic E-state index is 14.4. The van der Waals surface area contributed by atoms with E-state index in [1.165, 1.54) is 0 Å². The number of likely N-dealkylation sites (N-methyl/N-ethyl adjacent to an activating group) is 1. The highest BCUT2D eigenvalue weighted by Crippen LogP contribution is 2.21. The first-order valence-corrected chi connectivity index (χ1v) is 16.0. The van der Waals surface area contributed by atoms with Crippen LogP contribution in [-0.4, -0.2) is 89.4 Å².